The summed E-state index contributed by atoms with van der Waals surface area (Å²) in [4.78, 5) is 29.4. The summed E-state index contributed by atoms with van der Waals surface area (Å²) in [5.41, 5.74) is 1.83. The first kappa shape index (κ1) is 31.5. The molecule has 0 aromatic heterocycles. The lowest BCUT2D eigenvalue weighted by molar-refractivity contribution is -0.140. The smallest absolute Gasteiger partial charge is 0.244 e. The zero-order chi connectivity index (χ0) is 30.0. The van der Waals surface area contributed by atoms with Crippen LogP contribution in [0.3, 0.4) is 0 Å². The van der Waals surface area contributed by atoms with Crippen molar-refractivity contribution in [2.24, 2.45) is 0 Å². The molecule has 3 aromatic carbocycles. The summed E-state index contributed by atoms with van der Waals surface area (Å²) in [7, 11) is -0.917. The van der Waals surface area contributed by atoms with E-state index in [0.717, 1.165) is 21.7 Å². The predicted octanol–water partition coefficient (Wildman–Crippen LogP) is 4.02. The number of rotatable bonds is 14. The maximum absolute atomic E-state index is 14.2. The van der Waals surface area contributed by atoms with Crippen LogP contribution in [-0.2, 0) is 32.6 Å². The Morgan fingerprint density at radius 2 is 1.56 bits per heavy atom. The van der Waals surface area contributed by atoms with Crippen LogP contribution in [0, 0.1) is 0 Å². The van der Waals surface area contributed by atoms with Crippen molar-refractivity contribution in [3.8, 4) is 11.5 Å². The molecular weight excluding hydrogens is 542 g/mol. The molecule has 1 N–H and O–H groups in total. The van der Waals surface area contributed by atoms with Crippen molar-refractivity contribution in [3.05, 3.63) is 90.0 Å². The van der Waals surface area contributed by atoms with Crippen LogP contribution < -0.4 is 19.1 Å². The monoisotopic (exact) mass is 581 g/mol. The number of nitrogens with one attached hydrogen (secondary N) is 1. The number of carbonyl (C=O) groups excluding carboxylic acids is 2. The largest absolute Gasteiger partial charge is 0.497 e. The number of hydrogen-bond donors (Lipinski definition) is 1. The third kappa shape index (κ3) is 8.72. The molecule has 2 amide bonds. The second-order valence-electron chi connectivity index (χ2n) is 9.84. The van der Waals surface area contributed by atoms with E-state index in [2.05, 4.69) is 5.32 Å². The molecule has 0 saturated heterocycles. The Labute approximate surface area is 243 Å². The molecule has 0 unspecified atom stereocenters. The second kappa shape index (κ2) is 14.5. The third-order valence-corrected chi connectivity index (χ3v) is 7.92. The van der Waals surface area contributed by atoms with Crippen LogP contribution in [0.4, 0.5) is 5.69 Å². The first-order chi connectivity index (χ1) is 19.6. The highest BCUT2D eigenvalue weighted by Crippen LogP contribution is 2.30. The quantitative estimate of drug-likeness (QED) is 0.308. The Morgan fingerprint density at radius 3 is 2.20 bits per heavy atom. The topological polar surface area (TPSA) is 105 Å². The number of hydrogen-bond acceptors (Lipinski definition) is 6. The highest BCUT2D eigenvalue weighted by atomic mass is 32.2. The van der Waals surface area contributed by atoms with Crippen LogP contribution in [0.25, 0.3) is 0 Å². The van der Waals surface area contributed by atoms with Gasteiger partial charge in [0.1, 0.15) is 24.1 Å². The fourth-order valence-electron chi connectivity index (χ4n) is 4.39. The van der Waals surface area contributed by atoms with Crippen LogP contribution in [0.5, 0.6) is 11.5 Å². The van der Waals surface area contributed by atoms with E-state index in [4.69, 9.17) is 9.47 Å². The van der Waals surface area contributed by atoms with Crippen molar-refractivity contribution in [1.82, 2.24) is 10.2 Å². The zero-order valence-corrected chi connectivity index (χ0v) is 25.1. The molecule has 0 aliphatic rings. The molecule has 9 nitrogen and oxygen atoms in total. The number of methoxy groups -OCH3 is 2. The minimum absolute atomic E-state index is 0.0605. The highest BCUT2D eigenvalue weighted by Gasteiger charge is 2.34. The van der Waals surface area contributed by atoms with E-state index >= 15 is 0 Å². The van der Waals surface area contributed by atoms with Crippen molar-refractivity contribution >= 4 is 27.5 Å². The number of amides is 2. The number of carbonyl (C=O) groups is 2. The van der Waals surface area contributed by atoms with Gasteiger partial charge in [-0.2, -0.15) is 0 Å². The number of para-hydroxylation sites is 2. The molecule has 0 saturated carbocycles. The van der Waals surface area contributed by atoms with Crippen molar-refractivity contribution in [2.45, 2.75) is 45.3 Å². The van der Waals surface area contributed by atoms with Gasteiger partial charge in [-0.1, -0.05) is 61.5 Å². The predicted molar refractivity (Wildman–Crippen MR) is 161 cm³/mol. The van der Waals surface area contributed by atoms with Gasteiger partial charge in [0.25, 0.3) is 0 Å². The van der Waals surface area contributed by atoms with Crippen molar-refractivity contribution in [2.75, 3.05) is 31.3 Å². The summed E-state index contributed by atoms with van der Waals surface area (Å²) in [5, 5.41) is 3.02. The van der Waals surface area contributed by atoms with Crippen LogP contribution in [-0.4, -0.2) is 64.2 Å². The van der Waals surface area contributed by atoms with Gasteiger partial charge in [-0.3, -0.25) is 13.9 Å². The standard InChI is InChI=1S/C31H39N3O6S/c1-6-23(2)32-31(36)28(20-24-13-8-7-9-14-24)33(21-25-15-12-16-26(19-25)39-3)30(35)22-34(41(5,37)38)27-17-10-11-18-29(27)40-4/h7-19,23,28H,6,20-22H2,1-5H3,(H,32,36)/t23-,28-/m1/s1. The average Bonchev–Trinajstić information content (AvgIpc) is 2.97. The van der Waals surface area contributed by atoms with E-state index in [1.165, 1.54) is 12.0 Å². The van der Waals surface area contributed by atoms with Gasteiger partial charge in [0, 0.05) is 19.0 Å². The number of sulfonamides is 1. The SMILES string of the molecule is CC[C@@H](C)NC(=O)[C@@H](Cc1ccccc1)N(Cc1cccc(OC)c1)C(=O)CN(c1ccccc1OC)S(C)(=O)=O. The molecule has 0 fully saturated rings. The van der Waals surface area contributed by atoms with Gasteiger partial charge in [-0.05, 0) is 48.7 Å². The first-order valence-electron chi connectivity index (χ1n) is 13.4. The van der Waals surface area contributed by atoms with Crippen LogP contribution >= 0.6 is 0 Å². The minimum atomic E-state index is -3.91. The molecule has 3 rings (SSSR count). The molecule has 0 spiro atoms. The Bertz CT molecular complexity index is 1410. The molecular formula is C31H39N3O6S. The number of nitrogens with zero attached hydrogens (tertiary/aromatic N) is 2. The number of ether oxygens (including phenoxy) is 2. The van der Waals surface area contributed by atoms with Gasteiger partial charge in [-0.25, -0.2) is 8.42 Å². The lowest BCUT2D eigenvalue weighted by atomic mass is 10.0. The lowest BCUT2D eigenvalue weighted by Gasteiger charge is -2.34. The fourth-order valence-corrected chi connectivity index (χ4v) is 5.25. The molecule has 0 aliphatic heterocycles. The average molecular weight is 582 g/mol. The summed E-state index contributed by atoms with van der Waals surface area (Å²) in [6, 6.07) is 22.2. The fraction of sp³-hybridized carbons (Fsp3) is 0.355. The summed E-state index contributed by atoms with van der Waals surface area (Å²) in [6.45, 7) is 3.41. The summed E-state index contributed by atoms with van der Waals surface area (Å²) in [6.07, 6.45) is 1.99. The maximum Gasteiger partial charge on any atom is 0.244 e. The summed E-state index contributed by atoms with van der Waals surface area (Å²) in [5.74, 6) is 0.0535. The van der Waals surface area contributed by atoms with E-state index in [1.54, 1.807) is 49.6 Å². The third-order valence-electron chi connectivity index (χ3n) is 6.79. The van der Waals surface area contributed by atoms with Gasteiger partial charge in [0.15, 0.2) is 0 Å². The Morgan fingerprint density at radius 1 is 0.902 bits per heavy atom. The van der Waals surface area contributed by atoms with Crippen molar-refractivity contribution in [3.63, 3.8) is 0 Å². The molecule has 0 aliphatic carbocycles. The van der Waals surface area contributed by atoms with Crippen LogP contribution in [0.2, 0.25) is 0 Å². The van der Waals surface area contributed by atoms with Gasteiger partial charge in [0.05, 0.1) is 26.2 Å². The molecule has 0 radical (unpaired) electrons. The van der Waals surface area contributed by atoms with E-state index in [9.17, 15) is 18.0 Å². The van der Waals surface area contributed by atoms with E-state index in [0.29, 0.717) is 17.9 Å². The summed E-state index contributed by atoms with van der Waals surface area (Å²) >= 11 is 0. The van der Waals surface area contributed by atoms with E-state index < -0.39 is 28.5 Å². The summed E-state index contributed by atoms with van der Waals surface area (Å²) < 4.78 is 37.8. The van der Waals surface area contributed by atoms with Crippen molar-refractivity contribution in [1.29, 1.82) is 0 Å². The Hall–Kier alpha value is -4.05. The lowest BCUT2D eigenvalue weighted by Crippen LogP contribution is -2.54. The minimum Gasteiger partial charge on any atom is -0.497 e. The second-order valence-corrected chi connectivity index (χ2v) is 11.7. The Kier molecular flexibility index (Phi) is 11.2. The first-order valence-corrected chi connectivity index (χ1v) is 15.3. The van der Waals surface area contributed by atoms with E-state index in [1.807, 2.05) is 50.2 Å². The van der Waals surface area contributed by atoms with Gasteiger partial charge in [-0.15, -0.1) is 0 Å². The maximum atomic E-state index is 14.2. The normalized spacial score (nSPS) is 12.6. The molecule has 2 atom stereocenters. The molecule has 3 aromatic rings. The number of benzene rings is 3. The Balaban J connectivity index is 2.09. The molecule has 0 bridgehead atoms. The van der Waals surface area contributed by atoms with Gasteiger partial charge < -0.3 is 19.7 Å². The highest BCUT2D eigenvalue weighted by molar-refractivity contribution is 7.92. The van der Waals surface area contributed by atoms with E-state index in [-0.39, 0.29) is 30.6 Å². The molecule has 10 heteroatoms. The van der Waals surface area contributed by atoms with Gasteiger partial charge in [0.2, 0.25) is 21.8 Å². The van der Waals surface area contributed by atoms with Gasteiger partial charge >= 0.3 is 0 Å². The van der Waals surface area contributed by atoms with Crippen LogP contribution in [0.1, 0.15) is 31.4 Å². The van der Waals surface area contributed by atoms with Crippen molar-refractivity contribution < 1.29 is 27.5 Å². The molecule has 220 valence electrons. The van der Waals surface area contributed by atoms with Crippen LogP contribution in [0.15, 0.2) is 78.9 Å². The molecule has 41 heavy (non-hydrogen) atoms. The molecule has 0 heterocycles. The number of anilines is 1. The zero-order valence-electron chi connectivity index (χ0n) is 24.2.